The Labute approximate surface area is 248 Å². The van der Waals surface area contributed by atoms with Crippen LogP contribution in [0.1, 0.15) is 95.7 Å². The smallest absolute Gasteiger partial charge is 0.0704 e. The lowest BCUT2D eigenvalue weighted by atomic mass is 9.72. The van der Waals surface area contributed by atoms with Crippen molar-refractivity contribution in [3.05, 3.63) is 147 Å². The lowest BCUT2D eigenvalue weighted by Gasteiger charge is -2.31. The first kappa shape index (κ1) is 24.4. The molecule has 3 aromatic rings. The predicted molar refractivity (Wildman–Crippen MR) is 177 cm³/mol. The Morgan fingerprint density at radius 2 is 1.74 bits per heavy atom. The third kappa shape index (κ3) is 3.52. The molecular formula is C41H35N. The fourth-order valence-electron chi connectivity index (χ4n) is 8.73. The highest BCUT2D eigenvalue weighted by Crippen LogP contribution is 2.60. The van der Waals surface area contributed by atoms with E-state index in [4.69, 9.17) is 4.98 Å². The van der Waals surface area contributed by atoms with Gasteiger partial charge >= 0.3 is 0 Å². The fourth-order valence-corrected chi connectivity index (χ4v) is 8.73. The van der Waals surface area contributed by atoms with Crippen molar-refractivity contribution in [1.82, 2.24) is 4.98 Å². The monoisotopic (exact) mass is 541 g/mol. The molecule has 0 radical (unpaired) electrons. The summed E-state index contributed by atoms with van der Waals surface area (Å²) in [6, 6.07) is 11.1. The summed E-state index contributed by atoms with van der Waals surface area (Å²) >= 11 is 0. The normalized spacial score (nSPS) is 23.4. The predicted octanol–water partition coefficient (Wildman–Crippen LogP) is 10.6. The Bertz CT molecular complexity index is 1920. The average Bonchev–Trinajstić information content (AvgIpc) is 3.39. The van der Waals surface area contributed by atoms with Gasteiger partial charge in [0.15, 0.2) is 0 Å². The van der Waals surface area contributed by atoms with E-state index in [-0.39, 0.29) is 0 Å². The number of allylic oxidation sites excluding steroid dienone is 15. The van der Waals surface area contributed by atoms with Gasteiger partial charge in [0.25, 0.3) is 0 Å². The molecule has 1 aromatic heterocycles. The van der Waals surface area contributed by atoms with E-state index in [0.29, 0.717) is 11.8 Å². The molecule has 1 heteroatoms. The molecule has 1 heterocycles. The zero-order valence-corrected chi connectivity index (χ0v) is 24.1. The highest BCUT2D eigenvalue weighted by molar-refractivity contribution is 6.10. The van der Waals surface area contributed by atoms with Gasteiger partial charge < -0.3 is 0 Å². The number of nitrogens with zero attached hydrogens (tertiary/aromatic N) is 1. The van der Waals surface area contributed by atoms with Crippen molar-refractivity contribution >= 4 is 33.7 Å². The standard InChI is InChI=1S/C41H35N/c1-3-12-26(13-4-1)37-32-16-7-8-17-33(32)38(27-14-5-2-6-15-27)41-35-24-23-29(31-19-9-20-34(39(31)35)40(37)41)28-18-10-22-36-30(28)21-11-25-42-36/h1-5,8,10-12,14,17-19,21-22,24-26,29H,6-7,9,13,15-16,20,23H2. The maximum atomic E-state index is 4.71. The third-order valence-electron chi connectivity index (χ3n) is 10.4. The molecule has 0 fully saturated rings. The minimum absolute atomic E-state index is 0.372. The van der Waals surface area contributed by atoms with Gasteiger partial charge in [-0.2, -0.15) is 0 Å². The van der Waals surface area contributed by atoms with Crippen molar-refractivity contribution in [2.75, 3.05) is 0 Å². The maximum absolute atomic E-state index is 4.71. The zero-order valence-electron chi connectivity index (χ0n) is 24.1. The molecular weight excluding hydrogens is 506 g/mol. The molecule has 6 aliphatic carbocycles. The number of hydrogen-bond donors (Lipinski definition) is 0. The van der Waals surface area contributed by atoms with Crippen LogP contribution in [0.4, 0.5) is 0 Å². The highest BCUT2D eigenvalue weighted by atomic mass is 14.6. The van der Waals surface area contributed by atoms with E-state index < -0.39 is 0 Å². The Hall–Kier alpha value is -4.23. The molecule has 2 aromatic carbocycles. The largest absolute Gasteiger partial charge is 0.256 e. The Morgan fingerprint density at radius 3 is 2.64 bits per heavy atom. The van der Waals surface area contributed by atoms with Crippen LogP contribution in [0.25, 0.3) is 33.7 Å². The van der Waals surface area contributed by atoms with Gasteiger partial charge in [0.2, 0.25) is 0 Å². The number of benzene rings is 2. The second kappa shape index (κ2) is 9.66. The van der Waals surface area contributed by atoms with E-state index in [9.17, 15) is 0 Å². The number of fused-ring (bicyclic) bond motifs is 5. The van der Waals surface area contributed by atoms with Gasteiger partial charge in [0, 0.05) is 23.4 Å². The van der Waals surface area contributed by atoms with Crippen LogP contribution in [0.5, 0.6) is 0 Å². The molecule has 0 spiro atoms. The van der Waals surface area contributed by atoms with Crippen LogP contribution in [-0.2, 0) is 6.42 Å². The van der Waals surface area contributed by atoms with Crippen molar-refractivity contribution in [2.24, 2.45) is 0 Å². The minimum atomic E-state index is 0.372. The van der Waals surface area contributed by atoms with Crippen LogP contribution in [0.3, 0.4) is 0 Å². The molecule has 6 aliphatic rings. The number of rotatable bonds is 3. The molecule has 0 saturated carbocycles. The Balaban J connectivity index is 1.33. The molecule has 2 unspecified atom stereocenters. The van der Waals surface area contributed by atoms with Gasteiger partial charge in [0.1, 0.15) is 0 Å². The lowest BCUT2D eigenvalue weighted by Crippen LogP contribution is -2.14. The first-order valence-corrected chi connectivity index (χ1v) is 16.0. The first-order valence-electron chi connectivity index (χ1n) is 16.0. The average molecular weight is 542 g/mol. The lowest BCUT2D eigenvalue weighted by molar-refractivity contribution is 0.798. The summed E-state index contributed by atoms with van der Waals surface area (Å²) in [6.07, 6.45) is 37.3. The zero-order chi connectivity index (χ0) is 27.6. The quantitative estimate of drug-likeness (QED) is 0.321. The third-order valence-corrected chi connectivity index (χ3v) is 10.4. The van der Waals surface area contributed by atoms with Crippen molar-refractivity contribution in [3.8, 4) is 0 Å². The molecule has 0 bridgehead atoms. The van der Waals surface area contributed by atoms with Crippen molar-refractivity contribution in [2.45, 2.75) is 63.2 Å². The number of aromatic nitrogens is 1. The van der Waals surface area contributed by atoms with E-state index in [1.807, 2.05) is 6.20 Å². The van der Waals surface area contributed by atoms with Crippen LogP contribution < -0.4 is 0 Å². The molecule has 42 heavy (non-hydrogen) atoms. The summed E-state index contributed by atoms with van der Waals surface area (Å²) in [5, 5.41) is 1.30. The highest BCUT2D eigenvalue weighted by Gasteiger charge is 2.41. The summed E-state index contributed by atoms with van der Waals surface area (Å²) in [5.74, 6) is 0.818. The minimum Gasteiger partial charge on any atom is -0.256 e. The van der Waals surface area contributed by atoms with Crippen LogP contribution in [0, 0.1) is 0 Å². The van der Waals surface area contributed by atoms with E-state index >= 15 is 0 Å². The van der Waals surface area contributed by atoms with Gasteiger partial charge in [-0.1, -0.05) is 85.0 Å². The second-order valence-corrected chi connectivity index (χ2v) is 12.6. The van der Waals surface area contributed by atoms with E-state index in [1.54, 1.807) is 39.0 Å². The summed E-state index contributed by atoms with van der Waals surface area (Å²) in [6.45, 7) is 0. The molecule has 2 atom stereocenters. The molecule has 0 amide bonds. The van der Waals surface area contributed by atoms with E-state index in [1.165, 1.54) is 33.2 Å². The molecule has 0 aliphatic heterocycles. The fraction of sp³-hybridized carbons (Fsp3) is 0.244. The molecule has 204 valence electrons. The maximum Gasteiger partial charge on any atom is 0.0704 e. The van der Waals surface area contributed by atoms with Crippen molar-refractivity contribution in [1.29, 1.82) is 0 Å². The summed E-state index contributed by atoms with van der Waals surface area (Å²) < 4.78 is 0. The molecule has 9 rings (SSSR count). The Morgan fingerprint density at radius 1 is 0.762 bits per heavy atom. The van der Waals surface area contributed by atoms with Crippen LogP contribution >= 0.6 is 0 Å². The summed E-state index contributed by atoms with van der Waals surface area (Å²) in [4.78, 5) is 4.71. The molecule has 1 nitrogen and oxygen atoms in total. The van der Waals surface area contributed by atoms with Crippen LogP contribution in [0.2, 0.25) is 0 Å². The van der Waals surface area contributed by atoms with Gasteiger partial charge in [-0.15, -0.1) is 0 Å². The summed E-state index contributed by atoms with van der Waals surface area (Å²) in [7, 11) is 0. The number of pyridine rings is 1. The second-order valence-electron chi connectivity index (χ2n) is 12.6. The van der Waals surface area contributed by atoms with Gasteiger partial charge in [-0.05, 0) is 130 Å². The summed E-state index contributed by atoms with van der Waals surface area (Å²) in [5.41, 5.74) is 19.8. The SMILES string of the molecule is C1=CCCC(c2c3c(c(C4C=CC=CC4)c4c2C2=CCC(c5cccc6ncccc56)C5=CCCC4=C25)CCC=C3)=C1. The van der Waals surface area contributed by atoms with E-state index in [2.05, 4.69) is 97.2 Å². The van der Waals surface area contributed by atoms with Crippen molar-refractivity contribution in [3.63, 3.8) is 0 Å². The Kier molecular flexibility index (Phi) is 5.61. The van der Waals surface area contributed by atoms with Gasteiger partial charge in [-0.25, -0.2) is 0 Å². The molecule has 0 saturated heterocycles. The van der Waals surface area contributed by atoms with Crippen LogP contribution in [0.15, 0.2) is 108 Å². The first-order chi connectivity index (χ1) is 20.9. The topological polar surface area (TPSA) is 12.9 Å². The van der Waals surface area contributed by atoms with Gasteiger partial charge in [0.05, 0.1) is 5.52 Å². The molecule has 0 N–H and O–H groups in total. The number of hydrogen-bond acceptors (Lipinski definition) is 1. The van der Waals surface area contributed by atoms with E-state index in [0.717, 1.165) is 56.9 Å². The van der Waals surface area contributed by atoms with Crippen LogP contribution in [-0.4, -0.2) is 4.98 Å². The van der Waals surface area contributed by atoms with Crippen molar-refractivity contribution < 1.29 is 0 Å². The van der Waals surface area contributed by atoms with Gasteiger partial charge in [-0.3, -0.25) is 4.98 Å².